The molecule has 3 heteroatoms. The van der Waals surface area contributed by atoms with Crippen LogP contribution in [0.3, 0.4) is 0 Å². The molecule has 3 aromatic carbocycles. The van der Waals surface area contributed by atoms with Gasteiger partial charge in [0.05, 0.1) is 5.70 Å². The molecule has 1 saturated carbocycles. The first kappa shape index (κ1) is 18.4. The number of rotatable bonds is 3. The molecule has 1 spiro atoms. The van der Waals surface area contributed by atoms with Crippen molar-refractivity contribution in [2.45, 2.75) is 37.3 Å². The van der Waals surface area contributed by atoms with Crippen molar-refractivity contribution in [3.63, 3.8) is 0 Å². The molecule has 0 aromatic heterocycles. The van der Waals surface area contributed by atoms with Gasteiger partial charge in [-0.3, -0.25) is 0 Å². The predicted octanol–water partition coefficient (Wildman–Crippen LogP) is 6.41. The fraction of sp³-hybridized carbons (Fsp3) is 0.250. The minimum atomic E-state index is -0.427. The zero-order chi connectivity index (χ0) is 20.7. The topological polar surface area (TPSA) is 24.8 Å². The molecule has 1 aliphatic carbocycles. The van der Waals surface area contributed by atoms with E-state index in [1.54, 1.807) is 0 Å². The molecule has 3 aliphatic rings. The van der Waals surface area contributed by atoms with Crippen LogP contribution in [0.5, 0.6) is 0 Å². The second-order valence-corrected chi connectivity index (χ2v) is 8.74. The maximum atomic E-state index is 6.88. The normalized spacial score (nSPS) is 26.9. The van der Waals surface area contributed by atoms with Crippen LogP contribution in [0.1, 0.15) is 48.3 Å². The molecular weight excluding hydrogens is 380 g/mol. The van der Waals surface area contributed by atoms with Gasteiger partial charge in [0.15, 0.2) is 0 Å². The number of hydrogen-bond acceptors (Lipinski definition) is 3. The van der Waals surface area contributed by atoms with Crippen molar-refractivity contribution in [3.05, 3.63) is 114 Å². The van der Waals surface area contributed by atoms with Crippen molar-refractivity contribution in [3.8, 4) is 0 Å². The molecule has 0 saturated heterocycles. The number of allylic oxidation sites excluding steroid dienone is 1. The third-order valence-electron chi connectivity index (χ3n) is 6.98. The van der Waals surface area contributed by atoms with E-state index in [0.29, 0.717) is 11.8 Å². The molecule has 2 heterocycles. The lowest BCUT2D eigenvalue weighted by atomic mass is 9.68. The van der Waals surface area contributed by atoms with E-state index in [1.807, 2.05) is 6.07 Å². The number of nitrogens with zero attached hydrogens (tertiary/aromatic N) is 2. The van der Waals surface area contributed by atoms with Crippen LogP contribution in [0.25, 0.3) is 5.70 Å². The highest BCUT2D eigenvalue weighted by Crippen LogP contribution is 2.55. The van der Waals surface area contributed by atoms with E-state index in [0.717, 1.165) is 36.4 Å². The lowest BCUT2D eigenvalue weighted by molar-refractivity contribution is -0.116. The molecule has 6 rings (SSSR count). The lowest BCUT2D eigenvalue weighted by Crippen LogP contribution is -2.55. The van der Waals surface area contributed by atoms with Gasteiger partial charge in [-0.1, -0.05) is 91.4 Å². The fourth-order valence-electron chi connectivity index (χ4n) is 5.55. The molecule has 3 nitrogen and oxygen atoms in total. The Morgan fingerprint density at radius 3 is 2.13 bits per heavy atom. The lowest BCUT2D eigenvalue weighted by Gasteiger charge is -2.51. The van der Waals surface area contributed by atoms with Crippen LogP contribution in [-0.2, 0) is 4.74 Å². The first-order valence-corrected chi connectivity index (χ1v) is 11.3. The second-order valence-electron chi connectivity index (χ2n) is 8.74. The Morgan fingerprint density at radius 1 is 0.774 bits per heavy atom. The molecule has 2 aliphatic heterocycles. The van der Waals surface area contributed by atoms with Crippen LogP contribution in [-0.4, -0.2) is 16.6 Å². The quantitative estimate of drug-likeness (QED) is 0.502. The molecule has 0 bridgehead atoms. The molecule has 0 amide bonds. The molecule has 31 heavy (non-hydrogen) atoms. The summed E-state index contributed by atoms with van der Waals surface area (Å²) in [6, 6.07) is 31.9. The average molecular weight is 407 g/mol. The Kier molecular flexibility index (Phi) is 4.41. The summed E-state index contributed by atoms with van der Waals surface area (Å²) in [6.07, 6.45) is 6.97. The van der Waals surface area contributed by atoms with Gasteiger partial charge in [-0.2, -0.15) is 0 Å². The van der Waals surface area contributed by atoms with Crippen molar-refractivity contribution in [1.82, 2.24) is 5.01 Å². The molecule has 0 radical (unpaired) electrons. The number of ether oxygens (including phenoxy) is 1. The van der Waals surface area contributed by atoms with Crippen molar-refractivity contribution in [2.75, 3.05) is 0 Å². The van der Waals surface area contributed by atoms with E-state index in [-0.39, 0.29) is 0 Å². The van der Waals surface area contributed by atoms with Gasteiger partial charge in [0, 0.05) is 23.8 Å². The maximum Gasteiger partial charge on any atom is 0.240 e. The van der Waals surface area contributed by atoms with Crippen molar-refractivity contribution in [2.24, 2.45) is 11.0 Å². The SMILES string of the molecule is C1=C(c2ccccc2)N2N=C(c3ccccc3)O[C@@]23CCCC[C@@H]3[C@H]1c1ccccc1. The third kappa shape index (κ3) is 2.99. The zero-order valence-corrected chi connectivity index (χ0v) is 17.5. The van der Waals surface area contributed by atoms with Gasteiger partial charge < -0.3 is 4.74 Å². The summed E-state index contributed by atoms with van der Waals surface area (Å²) in [5.41, 5.74) is 4.31. The molecule has 3 atom stereocenters. The number of benzene rings is 3. The minimum Gasteiger partial charge on any atom is -0.447 e. The largest absolute Gasteiger partial charge is 0.447 e. The van der Waals surface area contributed by atoms with Gasteiger partial charge in [0.1, 0.15) is 0 Å². The van der Waals surface area contributed by atoms with Crippen LogP contribution >= 0.6 is 0 Å². The van der Waals surface area contributed by atoms with Gasteiger partial charge >= 0.3 is 0 Å². The van der Waals surface area contributed by atoms with Gasteiger partial charge in [-0.05, 0) is 36.1 Å². The summed E-state index contributed by atoms with van der Waals surface area (Å²) in [6.45, 7) is 0. The van der Waals surface area contributed by atoms with Crippen molar-refractivity contribution < 1.29 is 4.74 Å². The van der Waals surface area contributed by atoms with E-state index in [9.17, 15) is 0 Å². The Balaban J connectivity index is 1.53. The Bertz CT molecular complexity index is 1120. The van der Waals surface area contributed by atoms with Gasteiger partial charge in [-0.15, -0.1) is 5.10 Å². The average Bonchev–Trinajstić information content (AvgIpc) is 3.24. The van der Waals surface area contributed by atoms with Gasteiger partial charge in [0.25, 0.3) is 0 Å². The third-order valence-corrected chi connectivity index (χ3v) is 6.98. The van der Waals surface area contributed by atoms with Crippen LogP contribution in [0, 0.1) is 5.92 Å². The number of hydrazone groups is 1. The Hall–Kier alpha value is -3.33. The van der Waals surface area contributed by atoms with Crippen molar-refractivity contribution >= 4 is 11.6 Å². The minimum absolute atomic E-state index is 0.304. The summed E-state index contributed by atoms with van der Waals surface area (Å²) in [4.78, 5) is 0. The highest BCUT2D eigenvalue weighted by Gasteiger charge is 2.58. The van der Waals surface area contributed by atoms with Crippen LogP contribution in [0.4, 0.5) is 0 Å². The van der Waals surface area contributed by atoms with E-state index < -0.39 is 5.72 Å². The highest BCUT2D eigenvalue weighted by atomic mass is 16.6. The molecule has 3 aromatic rings. The van der Waals surface area contributed by atoms with Crippen LogP contribution in [0.15, 0.2) is 102 Å². The van der Waals surface area contributed by atoms with Crippen LogP contribution in [0.2, 0.25) is 0 Å². The molecule has 1 fully saturated rings. The Morgan fingerprint density at radius 2 is 1.42 bits per heavy atom. The summed E-state index contributed by atoms with van der Waals surface area (Å²) in [7, 11) is 0. The van der Waals surface area contributed by atoms with E-state index >= 15 is 0 Å². The first-order valence-electron chi connectivity index (χ1n) is 11.3. The standard InChI is InChI=1S/C28H26N2O/c1-4-12-21(13-5-1)24-20-26(22-14-6-2-7-15-22)30-28(19-11-10-18-25(24)28)31-27(29-30)23-16-8-3-9-17-23/h1-9,12-17,20,24-25H,10-11,18-19H2/t24-,25-,28-/m1/s1. The summed E-state index contributed by atoms with van der Waals surface area (Å²) in [5.74, 6) is 1.40. The summed E-state index contributed by atoms with van der Waals surface area (Å²) >= 11 is 0. The van der Waals surface area contributed by atoms with Crippen molar-refractivity contribution in [1.29, 1.82) is 0 Å². The van der Waals surface area contributed by atoms with E-state index in [1.165, 1.54) is 17.5 Å². The summed E-state index contributed by atoms with van der Waals surface area (Å²) in [5, 5.41) is 7.32. The molecule has 0 unspecified atom stereocenters. The predicted molar refractivity (Wildman–Crippen MR) is 124 cm³/mol. The molecule has 154 valence electrons. The van der Waals surface area contributed by atoms with Gasteiger partial charge in [-0.25, -0.2) is 5.01 Å². The second kappa shape index (κ2) is 7.42. The van der Waals surface area contributed by atoms with E-state index in [4.69, 9.17) is 9.84 Å². The maximum absolute atomic E-state index is 6.88. The molecule has 0 N–H and O–H groups in total. The smallest absolute Gasteiger partial charge is 0.240 e. The fourth-order valence-corrected chi connectivity index (χ4v) is 5.55. The highest BCUT2D eigenvalue weighted by molar-refractivity contribution is 5.96. The van der Waals surface area contributed by atoms with Gasteiger partial charge in [0.2, 0.25) is 11.6 Å². The molecular formula is C28H26N2O. The zero-order valence-electron chi connectivity index (χ0n) is 17.5. The number of hydrogen-bond donors (Lipinski definition) is 0. The monoisotopic (exact) mass is 406 g/mol. The first-order chi connectivity index (χ1) is 15.4. The van der Waals surface area contributed by atoms with Crippen LogP contribution < -0.4 is 0 Å². The van der Waals surface area contributed by atoms with E-state index in [2.05, 4.69) is 96.0 Å². The summed E-state index contributed by atoms with van der Waals surface area (Å²) < 4.78 is 6.88. The Labute approximate surface area is 183 Å².